The third-order valence-corrected chi connectivity index (χ3v) is 5.15. The van der Waals surface area contributed by atoms with Crippen LogP contribution in [0.2, 0.25) is 0 Å². The minimum absolute atomic E-state index is 0.263. The molecule has 5 nitrogen and oxygen atoms in total. The second kappa shape index (κ2) is 6.70. The van der Waals surface area contributed by atoms with E-state index >= 15 is 0 Å². The monoisotopic (exact) mass is 423 g/mol. The largest absolute Gasteiger partial charge is 0.450 e. The molecule has 136 valence electrons. The van der Waals surface area contributed by atoms with E-state index in [9.17, 15) is 4.79 Å². The maximum Gasteiger partial charge on any atom is 0.291 e. The first-order valence-corrected chi connectivity index (χ1v) is 9.36. The molecule has 2 heterocycles. The molecule has 0 unspecified atom stereocenters. The van der Waals surface area contributed by atoms with Gasteiger partial charge in [0.15, 0.2) is 5.76 Å². The fourth-order valence-corrected chi connectivity index (χ4v) is 3.54. The lowest BCUT2D eigenvalue weighted by molar-refractivity contribution is 0.0998. The van der Waals surface area contributed by atoms with Crippen molar-refractivity contribution in [2.75, 3.05) is 5.32 Å². The van der Waals surface area contributed by atoms with E-state index < -0.39 is 0 Å². The number of nitrogens with one attached hydrogen (secondary N) is 1. The molecule has 0 aliphatic heterocycles. The normalized spacial score (nSPS) is 11.1. The predicted octanol–water partition coefficient (Wildman–Crippen LogP) is 5.56. The maximum atomic E-state index is 12.7. The number of fused-ring (bicyclic) bond motifs is 1. The first-order chi connectivity index (χ1) is 12.9. The van der Waals surface area contributed by atoms with Crippen molar-refractivity contribution in [3.05, 3.63) is 75.7 Å². The van der Waals surface area contributed by atoms with Crippen LogP contribution in [0, 0.1) is 20.8 Å². The Balaban J connectivity index is 1.66. The summed E-state index contributed by atoms with van der Waals surface area (Å²) in [7, 11) is 0. The zero-order chi connectivity index (χ0) is 19.1. The lowest BCUT2D eigenvalue weighted by Gasteiger charge is -2.06. The standard InChI is InChI=1S/C21H18BrN3O2/c1-12-7-9-16(10-8-12)25-14(3)19(13(2)24-25)23-21(26)18-11-15-5-4-6-17(22)20(15)27-18/h4-11H,1-3H3,(H,23,26). The van der Waals surface area contributed by atoms with Crippen LogP contribution >= 0.6 is 15.9 Å². The molecule has 0 aliphatic carbocycles. The second-order valence-electron chi connectivity index (χ2n) is 6.52. The van der Waals surface area contributed by atoms with Gasteiger partial charge in [0.1, 0.15) is 5.58 Å². The van der Waals surface area contributed by atoms with Crippen LogP contribution in [0.15, 0.2) is 57.4 Å². The van der Waals surface area contributed by atoms with Gasteiger partial charge in [-0.1, -0.05) is 29.8 Å². The lowest BCUT2D eigenvalue weighted by Crippen LogP contribution is -2.12. The average Bonchev–Trinajstić information content (AvgIpc) is 3.20. The molecule has 0 bridgehead atoms. The van der Waals surface area contributed by atoms with Gasteiger partial charge in [-0.05, 0) is 61.0 Å². The highest BCUT2D eigenvalue weighted by Gasteiger charge is 2.19. The molecule has 27 heavy (non-hydrogen) atoms. The van der Waals surface area contributed by atoms with Gasteiger partial charge in [0, 0.05) is 5.39 Å². The number of anilines is 1. The molecule has 4 aromatic rings. The number of hydrogen-bond donors (Lipinski definition) is 1. The molecule has 0 fully saturated rings. The first kappa shape index (κ1) is 17.5. The number of carbonyl (C=O) groups excluding carboxylic acids is 1. The first-order valence-electron chi connectivity index (χ1n) is 8.56. The third kappa shape index (κ3) is 3.17. The fraction of sp³-hybridized carbons (Fsp3) is 0.143. The highest BCUT2D eigenvalue weighted by atomic mass is 79.9. The number of aromatic nitrogens is 2. The number of nitrogens with zero attached hydrogens (tertiary/aromatic N) is 2. The topological polar surface area (TPSA) is 60.1 Å². The lowest BCUT2D eigenvalue weighted by atomic mass is 10.2. The van der Waals surface area contributed by atoms with E-state index in [0.29, 0.717) is 11.3 Å². The molecular formula is C21H18BrN3O2. The molecule has 1 N–H and O–H groups in total. The van der Waals surface area contributed by atoms with Gasteiger partial charge in [0.2, 0.25) is 0 Å². The number of para-hydroxylation sites is 1. The van der Waals surface area contributed by atoms with E-state index in [0.717, 1.165) is 26.9 Å². The van der Waals surface area contributed by atoms with Crippen molar-refractivity contribution in [3.63, 3.8) is 0 Å². The predicted molar refractivity (Wildman–Crippen MR) is 110 cm³/mol. The quantitative estimate of drug-likeness (QED) is 0.469. The molecule has 0 aliphatic rings. The van der Waals surface area contributed by atoms with Crippen molar-refractivity contribution in [1.82, 2.24) is 9.78 Å². The van der Waals surface area contributed by atoms with Crippen LogP contribution < -0.4 is 5.32 Å². The summed E-state index contributed by atoms with van der Waals surface area (Å²) in [5, 5.41) is 8.40. The minimum atomic E-state index is -0.298. The molecule has 2 aromatic heterocycles. The van der Waals surface area contributed by atoms with Gasteiger partial charge in [-0.25, -0.2) is 4.68 Å². The van der Waals surface area contributed by atoms with E-state index in [1.807, 2.05) is 67.9 Å². The zero-order valence-corrected chi connectivity index (χ0v) is 16.8. The molecule has 0 radical (unpaired) electrons. The molecule has 0 spiro atoms. The van der Waals surface area contributed by atoms with Gasteiger partial charge in [-0.2, -0.15) is 5.10 Å². The number of benzene rings is 2. The Labute approximate surface area is 165 Å². The van der Waals surface area contributed by atoms with Crippen LogP contribution in [-0.4, -0.2) is 15.7 Å². The van der Waals surface area contributed by atoms with Gasteiger partial charge >= 0.3 is 0 Å². The van der Waals surface area contributed by atoms with E-state index in [1.54, 1.807) is 6.07 Å². The fourth-order valence-electron chi connectivity index (χ4n) is 3.08. The second-order valence-corrected chi connectivity index (χ2v) is 7.37. The smallest absolute Gasteiger partial charge is 0.291 e. The summed E-state index contributed by atoms with van der Waals surface area (Å²) >= 11 is 3.44. The molecule has 6 heteroatoms. The van der Waals surface area contributed by atoms with Crippen molar-refractivity contribution in [2.45, 2.75) is 20.8 Å². The van der Waals surface area contributed by atoms with Crippen molar-refractivity contribution >= 4 is 38.5 Å². The van der Waals surface area contributed by atoms with Gasteiger partial charge in [0.05, 0.1) is 27.2 Å². The Bertz CT molecular complexity index is 1160. The molecule has 4 rings (SSSR count). The summed E-state index contributed by atoms with van der Waals surface area (Å²) in [6.07, 6.45) is 0. The SMILES string of the molecule is Cc1ccc(-n2nc(C)c(NC(=O)c3cc4cccc(Br)c4o3)c2C)cc1. The Morgan fingerprint density at radius 3 is 2.56 bits per heavy atom. The number of furan rings is 1. The molecule has 1 amide bonds. The molecule has 2 aromatic carbocycles. The highest BCUT2D eigenvalue weighted by molar-refractivity contribution is 9.10. The van der Waals surface area contributed by atoms with Crippen LogP contribution in [0.4, 0.5) is 5.69 Å². The van der Waals surface area contributed by atoms with Gasteiger partial charge in [0.25, 0.3) is 5.91 Å². The molecule has 0 atom stereocenters. The Morgan fingerprint density at radius 2 is 1.85 bits per heavy atom. The number of carbonyl (C=O) groups is 1. The van der Waals surface area contributed by atoms with Crippen molar-refractivity contribution in [1.29, 1.82) is 0 Å². The van der Waals surface area contributed by atoms with Crippen molar-refractivity contribution in [3.8, 4) is 5.69 Å². The van der Waals surface area contributed by atoms with Crippen molar-refractivity contribution in [2.24, 2.45) is 0 Å². The maximum absolute atomic E-state index is 12.7. The zero-order valence-electron chi connectivity index (χ0n) is 15.2. The highest BCUT2D eigenvalue weighted by Crippen LogP contribution is 2.28. The summed E-state index contributed by atoms with van der Waals surface area (Å²) in [6.45, 7) is 5.86. The average molecular weight is 424 g/mol. The van der Waals surface area contributed by atoms with Crippen LogP contribution in [0.3, 0.4) is 0 Å². The van der Waals surface area contributed by atoms with Crippen LogP contribution in [-0.2, 0) is 0 Å². The molecular weight excluding hydrogens is 406 g/mol. The summed E-state index contributed by atoms with van der Waals surface area (Å²) in [5.41, 5.74) is 5.10. The van der Waals surface area contributed by atoms with Gasteiger partial charge < -0.3 is 9.73 Å². The van der Waals surface area contributed by atoms with E-state index in [1.165, 1.54) is 5.56 Å². The number of halogens is 1. The van der Waals surface area contributed by atoms with Crippen molar-refractivity contribution < 1.29 is 9.21 Å². The molecule has 0 saturated carbocycles. The van der Waals surface area contributed by atoms with Crippen LogP contribution in [0.5, 0.6) is 0 Å². The number of aryl methyl sites for hydroxylation is 2. The minimum Gasteiger partial charge on any atom is -0.450 e. The van der Waals surface area contributed by atoms with Crippen LogP contribution in [0.25, 0.3) is 16.7 Å². The van der Waals surface area contributed by atoms with E-state index in [-0.39, 0.29) is 11.7 Å². The third-order valence-electron chi connectivity index (χ3n) is 4.53. The summed E-state index contributed by atoms with van der Waals surface area (Å²) in [6, 6.07) is 15.5. The Morgan fingerprint density at radius 1 is 1.11 bits per heavy atom. The Kier molecular flexibility index (Phi) is 4.36. The number of rotatable bonds is 3. The summed E-state index contributed by atoms with van der Waals surface area (Å²) in [5.74, 6) is -0.0356. The van der Waals surface area contributed by atoms with E-state index in [2.05, 4.69) is 26.3 Å². The van der Waals surface area contributed by atoms with Crippen LogP contribution in [0.1, 0.15) is 27.5 Å². The molecule has 0 saturated heterocycles. The van der Waals surface area contributed by atoms with E-state index in [4.69, 9.17) is 4.42 Å². The van der Waals surface area contributed by atoms with Gasteiger partial charge in [-0.3, -0.25) is 4.79 Å². The van der Waals surface area contributed by atoms with Gasteiger partial charge in [-0.15, -0.1) is 0 Å². The number of amides is 1. The summed E-state index contributed by atoms with van der Waals surface area (Å²) in [4.78, 5) is 12.7. The number of hydrogen-bond acceptors (Lipinski definition) is 3. The summed E-state index contributed by atoms with van der Waals surface area (Å²) < 4.78 is 8.38. The Hall–Kier alpha value is -2.86.